The summed E-state index contributed by atoms with van der Waals surface area (Å²) in [5.74, 6) is 0. The molecule has 1 saturated heterocycles. The molecular weight excluding hydrogens is 242 g/mol. The van der Waals surface area contributed by atoms with Gasteiger partial charge in [0.15, 0.2) is 0 Å². The predicted octanol–water partition coefficient (Wildman–Crippen LogP) is 1.66. The molecule has 1 aliphatic rings. The van der Waals surface area contributed by atoms with Gasteiger partial charge in [-0.15, -0.1) is 0 Å². The summed E-state index contributed by atoms with van der Waals surface area (Å²) in [4.78, 5) is 16.2. The van der Waals surface area contributed by atoms with Gasteiger partial charge < -0.3 is 15.4 Å². The molecule has 5 heteroatoms. The first-order valence-electron chi connectivity index (χ1n) is 7.11. The quantitative estimate of drug-likeness (QED) is 0.830. The maximum Gasteiger partial charge on any atom is 0.410 e. The molecule has 19 heavy (non-hydrogen) atoms. The Hall–Kier alpha value is -0.810. The Morgan fingerprint density at radius 3 is 2.32 bits per heavy atom. The maximum atomic E-state index is 12.0. The second-order valence-corrected chi connectivity index (χ2v) is 6.61. The second-order valence-electron chi connectivity index (χ2n) is 6.61. The number of carbonyl (C=O) groups excluding carboxylic acids is 1. The van der Waals surface area contributed by atoms with Gasteiger partial charge in [-0.3, -0.25) is 4.90 Å². The number of nitrogens with zero attached hydrogens (tertiary/aromatic N) is 2. The third-order valence-corrected chi connectivity index (χ3v) is 3.61. The molecule has 1 amide bonds. The summed E-state index contributed by atoms with van der Waals surface area (Å²) in [5, 5.41) is 0. The summed E-state index contributed by atoms with van der Waals surface area (Å²) in [5.41, 5.74) is 5.53. The number of nitrogens with two attached hydrogens (primary N) is 1. The molecule has 0 saturated carbocycles. The number of rotatable bonds is 2. The van der Waals surface area contributed by atoms with Crippen LogP contribution < -0.4 is 5.73 Å². The van der Waals surface area contributed by atoms with Crippen LogP contribution in [0.1, 0.15) is 41.5 Å². The van der Waals surface area contributed by atoms with Gasteiger partial charge in [0.25, 0.3) is 0 Å². The summed E-state index contributed by atoms with van der Waals surface area (Å²) in [6.45, 7) is 14.2. The van der Waals surface area contributed by atoms with Crippen molar-refractivity contribution in [2.75, 3.05) is 19.6 Å². The van der Waals surface area contributed by atoms with Gasteiger partial charge in [0.1, 0.15) is 5.60 Å². The van der Waals surface area contributed by atoms with E-state index in [0.717, 1.165) is 6.54 Å². The Kier molecular flexibility index (Phi) is 5.21. The summed E-state index contributed by atoms with van der Waals surface area (Å²) in [6.07, 6.45) is -0.215. The van der Waals surface area contributed by atoms with Gasteiger partial charge in [0.05, 0.1) is 0 Å². The summed E-state index contributed by atoms with van der Waals surface area (Å²) in [6, 6.07) is 0.772. The van der Waals surface area contributed by atoms with Gasteiger partial charge in [0.2, 0.25) is 0 Å². The van der Waals surface area contributed by atoms with Crippen molar-refractivity contribution in [2.45, 2.75) is 65.3 Å². The highest BCUT2D eigenvalue weighted by molar-refractivity contribution is 5.68. The normalized spacial score (nSPS) is 25.0. The van der Waals surface area contributed by atoms with Crippen LogP contribution in [0.3, 0.4) is 0 Å². The highest BCUT2D eigenvalue weighted by Gasteiger charge is 2.32. The summed E-state index contributed by atoms with van der Waals surface area (Å²) >= 11 is 0. The number of ether oxygens (including phenoxy) is 1. The molecule has 1 fully saturated rings. The van der Waals surface area contributed by atoms with Crippen LogP contribution in [-0.2, 0) is 4.74 Å². The van der Waals surface area contributed by atoms with Gasteiger partial charge in [0, 0.05) is 37.8 Å². The Morgan fingerprint density at radius 1 is 1.32 bits per heavy atom. The van der Waals surface area contributed by atoms with Crippen molar-refractivity contribution in [3.63, 3.8) is 0 Å². The molecule has 3 atom stereocenters. The number of piperazine rings is 1. The molecule has 0 aromatic heterocycles. The molecule has 112 valence electrons. The van der Waals surface area contributed by atoms with Crippen LogP contribution in [-0.4, -0.2) is 59.3 Å². The monoisotopic (exact) mass is 271 g/mol. The van der Waals surface area contributed by atoms with Crippen molar-refractivity contribution in [1.82, 2.24) is 9.80 Å². The van der Waals surface area contributed by atoms with Crippen LogP contribution in [0.4, 0.5) is 4.79 Å². The van der Waals surface area contributed by atoms with E-state index in [2.05, 4.69) is 18.7 Å². The number of hydrogen-bond acceptors (Lipinski definition) is 4. The molecule has 1 heterocycles. The fourth-order valence-electron chi connectivity index (χ4n) is 2.37. The zero-order chi connectivity index (χ0) is 14.8. The zero-order valence-corrected chi connectivity index (χ0v) is 13.1. The molecule has 1 rings (SSSR count). The molecule has 5 nitrogen and oxygen atoms in total. The minimum absolute atomic E-state index is 0.135. The standard InChI is InChI=1S/C14H29N3O2/c1-10-9-16(13(18)19-14(4,5)6)7-8-17(10)12(3)11(2)15/h10-12H,7-9,15H2,1-6H3/t10-,11?,12+/m0/s1. The Labute approximate surface area is 117 Å². The fourth-order valence-corrected chi connectivity index (χ4v) is 2.37. The average Bonchev–Trinajstić information content (AvgIpc) is 2.25. The Morgan fingerprint density at radius 2 is 1.89 bits per heavy atom. The molecule has 0 radical (unpaired) electrons. The fraction of sp³-hybridized carbons (Fsp3) is 0.929. The Balaban J connectivity index is 2.56. The largest absolute Gasteiger partial charge is 0.444 e. The van der Waals surface area contributed by atoms with Crippen LogP contribution in [0, 0.1) is 0 Å². The van der Waals surface area contributed by atoms with Crippen molar-refractivity contribution in [2.24, 2.45) is 5.73 Å². The number of hydrogen-bond donors (Lipinski definition) is 1. The number of amides is 1. The van der Waals surface area contributed by atoms with Gasteiger partial charge in [-0.1, -0.05) is 0 Å². The molecule has 0 aromatic rings. The lowest BCUT2D eigenvalue weighted by Crippen LogP contribution is -2.59. The predicted molar refractivity (Wildman–Crippen MR) is 77.1 cm³/mol. The maximum absolute atomic E-state index is 12.0. The average molecular weight is 271 g/mol. The van der Waals surface area contributed by atoms with E-state index in [1.165, 1.54) is 0 Å². The lowest BCUT2D eigenvalue weighted by atomic mass is 10.1. The van der Waals surface area contributed by atoms with E-state index >= 15 is 0 Å². The van der Waals surface area contributed by atoms with Crippen molar-refractivity contribution in [3.8, 4) is 0 Å². The van der Waals surface area contributed by atoms with Crippen molar-refractivity contribution < 1.29 is 9.53 Å². The van der Waals surface area contributed by atoms with Gasteiger partial charge in [-0.25, -0.2) is 4.79 Å². The van der Waals surface area contributed by atoms with E-state index in [1.807, 2.05) is 27.7 Å². The molecule has 0 bridgehead atoms. The van der Waals surface area contributed by atoms with E-state index < -0.39 is 5.60 Å². The van der Waals surface area contributed by atoms with Crippen molar-refractivity contribution >= 4 is 6.09 Å². The summed E-state index contributed by atoms with van der Waals surface area (Å²) < 4.78 is 5.41. The van der Waals surface area contributed by atoms with Crippen LogP contribution in [0.15, 0.2) is 0 Å². The Bertz CT molecular complexity index is 312. The van der Waals surface area contributed by atoms with Crippen molar-refractivity contribution in [1.29, 1.82) is 0 Å². The number of carbonyl (C=O) groups is 1. The van der Waals surface area contributed by atoms with Crippen molar-refractivity contribution in [3.05, 3.63) is 0 Å². The lowest BCUT2D eigenvalue weighted by Gasteiger charge is -2.44. The minimum atomic E-state index is -0.434. The van der Waals surface area contributed by atoms with Crippen LogP contribution in [0.2, 0.25) is 0 Å². The molecular formula is C14H29N3O2. The molecule has 2 N–H and O–H groups in total. The molecule has 0 spiro atoms. The van der Waals surface area contributed by atoms with Crippen LogP contribution in [0.5, 0.6) is 0 Å². The first-order chi connectivity index (χ1) is 8.61. The molecule has 1 aliphatic heterocycles. The summed E-state index contributed by atoms with van der Waals surface area (Å²) in [7, 11) is 0. The highest BCUT2D eigenvalue weighted by Crippen LogP contribution is 2.17. The topological polar surface area (TPSA) is 58.8 Å². The minimum Gasteiger partial charge on any atom is -0.444 e. The lowest BCUT2D eigenvalue weighted by molar-refractivity contribution is -0.00207. The van der Waals surface area contributed by atoms with Gasteiger partial charge >= 0.3 is 6.09 Å². The third-order valence-electron chi connectivity index (χ3n) is 3.61. The second kappa shape index (κ2) is 6.09. The zero-order valence-electron chi connectivity index (χ0n) is 13.1. The highest BCUT2D eigenvalue weighted by atomic mass is 16.6. The molecule has 0 aliphatic carbocycles. The van der Waals surface area contributed by atoms with E-state index in [-0.39, 0.29) is 12.1 Å². The first-order valence-corrected chi connectivity index (χ1v) is 7.11. The van der Waals surface area contributed by atoms with E-state index in [4.69, 9.17) is 10.5 Å². The third kappa shape index (κ3) is 4.66. The molecule has 1 unspecified atom stereocenters. The van der Waals surface area contributed by atoms with Crippen LogP contribution in [0.25, 0.3) is 0 Å². The van der Waals surface area contributed by atoms with E-state index in [0.29, 0.717) is 25.2 Å². The first kappa shape index (κ1) is 16.2. The van der Waals surface area contributed by atoms with Gasteiger partial charge in [-0.2, -0.15) is 0 Å². The van der Waals surface area contributed by atoms with Crippen LogP contribution >= 0.6 is 0 Å². The van der Waals surface area contributed by atoms with Gasteiger partial charge in [-0.05, 0) is 41.5 Å². The SMILES string of the molecule is CC(N)[C@@H](C)N1CCN(C(=O)OC(C)(C)C)C[C@@H]1C. The van der Waals surface area contributed by atoms with E-state index in [1.54, 1.807) is 4.90 Å². The smallest absolute Gasteiger partial charge is 0.410 e. The molecule has 0 aromatic carbocycles. The van der Waals surface area contributed by atoms with E-state index in [9.17, 15) is 4.79 Å².